The summed E-state index contributed by atoms with van der Waals surface area (Å²) in [5.74, 6) is 0. The van der Waals surface area contributed by atoms with Gasteiger partial charge in [-0.25, -0.2) is 8.42 Å². The van der Waals surface area contributed by atoms with Crippen LogP contribution < -0.4 is 10.5 Å². The summed E-state index contributed by atoms with van der Waals surface area (Å²) in [5, 5.41) is 0. The van der Waals surface area contributed by atoms with E-state index < -0.39 is 10.0 Å². The Labute approximate surface area is 141 Å². The number of hydrogen-bond acceptors (Lipinski definition) is 4. The molecule has 0 aliphatic carbocycles. The van der Waals surface area contributed by atoms with E-state index in [9.17, 15) is 13.2 Å². The number of sulfonamides is 1. The first-order valence-corrected chi connectivity index (χ1v) is 9.47. The first-order chi connectivity index (χ1) is 11.5. The van der Waals surface area contributed by atoms with Crippen molar-refractivity contribution >= 4 is 15.7 Å². The number of nitrogens with zero attached hydrogens (tertiary/aromatic N) is 2. The molecule has 24 heavy (non-hydrogen) atoms. The van der Waals surface area contributed by atoms with Crippen molar-refractivity contribution in [1.82, 2.24) is 9.29 Å². The fraction of sp³-hybridized carbons (Fsp3) is 0.353. The molecule has 1 aliphatic heterocycles. The topological polar surface area (TPSA) is 73.5 Å². The van der Waals surface area contributed by atoms with E-state index in [1.807, 2.05) is 19.1 Å². The second-order valence-electron chi connectivity index (χ2n) is 5.80. The molecule has 1 aromatic carbocycles. The number of benzene rings is 1. The highest BCUT2D eigenvalue weighted by molar-refractivity contribution is 7.89. The van der Waals surface area contributed by atoms with E-state index in [1.165, 1.54) is 10.4 Å². The Kier molecular flexibility index (Phi) is 4.73. The monoisotopic (exact) mass is 347 g/mol. The first kappa shape index (κ1) is 16.7. The van der Waals surface area contributed by atoms with Crippen molar-refractivity contribution in [1.29, 1.82) is 0 Å². The molecule has 1 aliphatic rings. The Balaban J connectivity index is 1.70. The smallest absolute Gasteiger partial charge is 0.248 e. The highest BCUT2D eigenvalue weighted by Crippen LogP contribution is 2.20. The summed E-state index contributed by atoms with van der Waals surface area (Å²) >= 11 is 0. The van der Waals surface area contributed by atoms with Gasteiger partial charge in [0.15, 0.2) is 0 Å². The second-order valence-corrected chi connectivity index (χ2v) is 7.74. The SMILES string of the molecule is CCc1ccc(S(=O)(=O)N2CCN(c3ccc(=O)[nH]c3)CC2)cc1. The van der Waals surface area contributed by atoms with Crippen LogP contribution in [0.25, 0.3) is 0 Å². The summed E-state index contributed by atoms with van der Waals surface area (Å²) in [7, 11) is -3.45. The van der Waals surface area contributed by atoms with E-state index in [0.29, 0.717) is 31.1 Å². The van der Waals surface area contributed by atoms with Crippen molar-refractivity contribution < 1.29 is 8.42 Å². The summed E-state index contributed by atoms with van der Waals surface area (Å²) in [5.41, 5.74) is 1.88. The molecule has 2 aromatic rings. The van der Waals surface area contributed by atoms with E-state index in [-0.39, 0.29) is 5.56 Å². The van der Waals surface area contributed by atoms with Crippen LogP contribution in [0.2, 0.25) is 0 Å². The molecule has 0 radical (unpaired) electrons. The maximum Gasteiger partial charge on any atom is 0.248 e. The Morgan fingerprint density at radius 3 is 2.21 bits per heavy atom. The summed E-state index contributed by atoms with van der Waals surface area (Å²) in [6.45, 7) is 4.09. The van der Waals surface area contributed by atoms with Crippen molar-refractivity contribution in [3.8, 4) is 0 Å². The lowest BCUT2D eigenvalue weighted by Crippen LogP contribution is -2.48. The Morgan fingerprint density at radius 1 is 1.00 bits per heavy atom. The zero-order valence-electron chi connectivity index (χ0n) is 13.6. The third kappa shape index (κ3) is 3.37. The Morgan fingerprint density at radius 2 is 1.67 bits per heavy atom. The molecule has 7 heteroatoms. The van der Waals surface area contributed by atoms with Gasteiger partial charge in [0, 0.05) is 38.4 Å². The average molecular weight is 347 g/mol. The number of aromatic amines is 1. The van der Waals surface area contributed by atoms with Crippen LogP contribution in [0, 0.1) is 0 Å². The van der Waals surface area contributed by atoms with Gasteiger partial charge in [-0.2, -0.15) is 4.31 Å². The van der Waals surface area contributed by atoms with E-state index in [2.05, 4.69) is 9.88 Å². The molecule has 1 saturated heterocycles. The number of rotatable bonds is 4. The number of anilines is 1. The molecule has 1 N–H and O–H groups in total. The van der Waals surface area contributed by atoms with Gasteiger partial charge >= 0.3 is 0 Å². The summed E-state index contributed by atoms with van der Waals surface area (Å²) in [6.07, 6.45) is 2.55. The molecule has 1 aromatic heterocycles. The van der Waals surface area contributed by atoms with Crippen LogP contribution >= 0.6 is 0 Å². The van der Waals surface area contributed by atoms with Crippen molar-refractivity contribution in [3.63, 3.8) is 0 Å². The van der Waals surface area contributed by atoms with Gasteiger partial charge < -0.3 is 9.88 Å². The quantitative estimate of drug-likeness (QED) is 0.908. The maximum absolute atomic E-state index is 12.7. The normalized spacial score (nSPS) is 16.3. The van der Waals surface area contributed by atoms with Crippen LogP contribution in [0.5, 0.6) is 0 Å². The summed E-state index contributed by atoms with van der Waals surface area (Å²) in [6, 6.07) is 10.3. The molecule has 128 valence electrons. The van der Waals surface area contributed by atoms with Crippen LogP contribution in [0.1, 0.15) is 12.5 Å². The molecule has 0 unspecified atom stereocenters. The van der Waals surface area contributed by atoms with Crippen LogP contribution in [0.4, 0.5) is 5.69 Å². The number of pyridine rings is 1. The second kappa shape index (κ2) is 6.78. The number of nitrogens with one attached hydrogen (secondary N) is 1. The Bertz CT molecular complexity index is 831. The van der Waals surface area contributed by atoms with Crippen molar-refractivity contribution in [2.75, 3.05) is 31.1 Å². The standard InChI is InChI=1S/C17H21N3O3S/c1-2-14-3-6-16(7-4-14)24(22,23)20-11-9-19(10-12-20)15-5-8-17(21)18-13-15/h3-8,13H,2,9-12H2,1H3,(H,18,21). The molecule has 0 spiro atoms. The Hall–Kier alpha value is -2.12. The third-order valence-electron chi connectivity index (χ3n) is 4.34. The van der Waals surface area contributed by atoms with Gasteiger partial charge in [-0.3, -0.25) is 4.79 Å². The predicted molar refractivity (Wildman–Crippen MR) is 93.9 cm³/mol. The van der Waals surface area contributed by atoms with E-state index >= 15 is 0 Å². The predicted octanol–water partition coefficient (Wildman–Crippen LogP) is 1.45. The lowest BCUT2D eigenvalue weighted by Gasteiger charge is -2.35. The molecule has 3 rings (SSSR count). The van der Waals surface area contributed by atoms with Gasteiger partial charge in [0.2, 0.25) is 15.6 Å². The minimum atomic E-state index is -3.45. The number of H-pyrrole nitrogens is 1. The molecular formula is C17H21N3O3S. The molecule has 0 atom stereocenters. The molecule has 6 nitrogen and oxygen atoms in total. The number of hydrogen-bond donors (Lipinski definition) is 1. The van der Waals surface area contributed by atoms with Gasteiger partial charge in [-0.05, 0) is 30.2 Å². The lowest BCUT2D eigenvalue weighted by atomic mass is 10.2. The van der Waals surface area contributed by atoms with Gasteiger partial charge in [0.25, 0.3) is 0 Å². The number of aromatic nitrogens is 1. The van der Waals surface area contributed by atoms with Gasteiger partial charge in [0.1, 0.15) is 0 Å². The average Bonchev–Trinajstić information content (AvgIpc) is 2.62. The van der Waals surface area contributed by atoms with Gasteiger partial charge in [-0.1, -0.05) is 19.1 Å². The van der Waals surface area contributed by atoms with Crippen molar-refractivity contribution in [2.24, 2.45) is 0 Å². The zero-order chi connectivity index (χ0) is 17.2. The molecule has 0 amide bonds. The minimum absolute atomic E-state index is 0.143. The van der Waals surface area contributed by atoms with Gasteiger partial charge in [-0.15, -0.1) is 0 Å². The van der Waals surface area contributed by atoms with Crippen LogP contribution in [0.15, 0.2) is 52.3 Å². The molecule has 2 heterocycles. The lowest BCUT2D eigenvalue weighted by molar-refractivity contribution is 0.385. The first-order valence-electron chi connectivity index (χ1n) is 8.03. The van der Waals surface area contributed by atoms with Crippen molar-refractivity contribution in [3.05, 3.63) is 58.5 Å². The van der Waals surface area contributed by atoms with Crippen LogP contribution in [-0.4, -0.2) is 43.9 Å². The van der Waals surface area contributed by atoms with Gasteiger partial charge in [0.05, 0.1) is 10.6 Å². The summed E-state index contributed by atoms with van der Waals surface area (Å²) in [4.78, 5) is 16.2. The molecule has 0 bridgehead atoms. The zero-order valence-corrected chi connectivity index (χ0v) is 14.4. The molecule has 1 fully saturated rings. The van der Waals surface area contributed by atoms with E-state index in [0.717, 1.165) is 17.7 Å². The van der Waals surface area contributed by atoms with Crippen LogP contribution in [-0.2, 0) is 16.4 Å². The maximum atomic E-state index is 12.7. The fourth-order valence-electron chi connectivity index (χ4n) is 2.83. The molecule has 0 saturated carbocycles. The molecular weight excluding hydrogens is 326 g/mol. The number of piperazine rings is 1. The third-order valence-corrected chi connectivity index (χ3v) is 6.25. The van der Waals surface area contributed by atoms with E-state index in [1.54, 1.807) is 24.4 Å². The number of aryl methyl sites for hydroxylation is 1. The fourth-order valence-corrected chi connectivity index (χ4v) is 4.25. The minimum Gasteiger partial charge on any atom is -0.368 e. The van der Waals surface area contributed by atoms with E-state index in [4.69, 9.17) is 0 Å². The highest BCUT2D eigenvalue weighted by atomic mass is 32.2. The van der Waals surface area contributed by atoms with Crippen molar-refractivity contribution in [2.45, 2.75) is 18.2 Å². The largest absolute Gasteiger partial charge is 0.368 e. The summed E-state index contributed by atoms with van der Waals surface area (Å²) < 4.78 is 27.0. The van der Waals surface area contributed by atoms with Crippen LogP contribution in [0.3, 0.4) is 0 Å². The highest BCUT2D eigenvalue weighted by Gasteiger charge is 2.28.